The van der Waals surface area contributed by atoms with Gasteiger partial charge in [0.15, 0.2) is 12.2 Å². The Morgan fingerprint density at radius 3 is 0.640 bits per heavy atom. The maximum absolute atomic E-state index is 13.2. The highest BCUT2D eigenvalue weighted by molar-refractivity contribution is 7.47. The van der Waals surface area contributed by atoms with Crippen molar-refractivity contribution < 1.29 is 80.2 Å². The second-order valence-electron chi connectivity index (χ2n) is 33.5. The molecule has 17 nitrogen and oxygen atoms in total. The van der Waals surface area contributed by atoms with Gasteiger partial charge in [0.25, 0.3) is 0 Å². The van der Waals surface area contributed by atoms with Crippen molar-refractivity contribution in [3.63, 3.8) is 0 Å². The summed E-state index contributed by atoms with van der Waals surface area (Å²) in [6, 6.07) is 0. The van der Waals surface area contributed by atoms with Crippen LogP contribution in [-0.4, -0.2) is 96.7 Å². The average molecular weight is 1620 g/mol. The largest absolute Gasteiger partial charge is 0.472 e. The lowest BCUT2D eigenvalue weighted by Gasteiger charge is -2.21. The van der Waals surface area contributed by atoms with E-state index in [2.05, 4.69) is 41.5 Å². The molecule has 0 amide bonds. The average Bonchev–Trinajstić information content (AvgIpc) is 0.903. The van der Waals surface area contributed by atoms with E-state index < -0.39 is 97.5 Å². The van der Waals surface area contributed by atoms with E-state index in [1.165, 1.54) is 315 Å². The first kappa shape index (κ1) is 109. The van der Waals surface area contributed by atoms with Gasteiger partial charge in [-0.05, 0) is 37.5 Å². The zero-order valence-electron chi connectivity index (χ0n) is 73.3. The van der Waals surface area contributed by atoms with Crippen LogP contribution in [0.25, 0.3) is 0 Å². The van der Waals surface area contributed by atoms with Crippen molar-refractivity contribution in [1.29, 1.82) is 0 Å². The zero-order valence-corrected chi connectivity index (χ0v) is 75.1. The van der Waals surface area contributed by atoms with E-state index in [9.17, 15) is 43.2 Å². The third-order valence-corrected chi connectivity index (χ3v) is 24.3. The lowest BCUT2D eigenvalue weighted by molar-refractivity contribution is -0.161. The molecule has 0 saturated heterocycles. The van der Waals surface area contributed by atoms with E-state index in [4.69, 9.17) is 37.0 Å². The lowest BCUT2D eigenvalue weighted by Crippen LogP contribution is -2.30. The Kier molecular flexibility index (Phi) is 81.7. The molecule has 0 aromatic carbocycles. The first-order valence-electron chi connectivity index (χ1n) is 47.6. The van der Waals surface area contributed by atoms with E-state index >= 15 is 0 Å². The van der Waals surface area contributed by atoms with Crippen LogP contribution in [0.5, 0.6) is 0 Å². The fraction of sp³-hybridized carbons (Fsp3) is 0.957. The highest BCUT2D eigenvalue weighted by atomic mass is 31.2. The molecule has 7 atom stereocenters. The van der Waals surface area contributed by atoms with Crippen LogP contribution in [-0.2, 0) is 65.4 Å². The van der Waals surface area contributed by atoms with Crippen molar-refractivity contribution in [2.45, 2.75) is 516 Å². The summed E-state index contributed by atoms with van der Waals surface area (Å²) in [5.74, 6) is -0.353. The van der Waals surface area contributed by atoms with Crippen LogP contribution in [0.3, 0.4) is 0 Å². The number of phosphoric acid groups is 2. The number of aliphatic hydroxyl groups excluding tert-OH is 1. The molecular weight excluding hydrogens is 1440 g/mol. The molecule has 0 aliphatic rings. The van der Waals surface area contributed by atoms with Gasteiger partial charge in [0.1, 0.15) is 19.3 Å². The number of hydrogen-bond donors (Lipinski definition) is 3. The fourth-order valence-corrected chi connectivity index (χ4v) is 16.0. The van der Waals surface area contributed by atoms with E-state index in [0.717, 1.165) is 102 Å². The fourth-order valence-electron chi connectivity index (χ4n) is 14.4. The Hall–Kier alpha value is -1.94. The molecule has 0 aliphatic heterocycles. The van der Waals surface area contributed by atoms with E-state index in [-0.39, 0.29) is 25.7 Å². The minimum absolute atomic E-state index is 0.109. The van der Waals surface area contributed by atoms with Gasteiger partial charge < -0.3 is 33.8 Å². The summed E-state index contributed by atoms with van der Waals surface area (Å²) in [6.07, 6.45) is 77.9. The number of aliphatic hydroxyl groups is 1. The van der Waals surface area contributed by atoms with Crippen LogP contribution in [0.4, 0.5) is 0 Å². The van der Waals surface area contributed by atoms with Gasteiger partial charge in [0.05, 0.1) is 26.4 Å². The number of rotatable bonds is 91. The van der Waals surface area contributed by atoms with Crippen LogP contribution in [0.15, 0.2) is 0 Å². The van der Waals surface area contributed by atoms with Crippen molar-refractivity contribution in [3.05, 3.63) is 0 Å². The Morgan fingerprint density at radius 1 is 0.252 bits per heavy atom. The maximum atomic E-state index is 13.2. The molecule has 0 saturated carbocycles. The number of carbonyl (C=O) groups excluding carboxylic acids is 4. The summed E-state index contributed by atoms with van der Waals surface area (Å²) < 4.78 is 69.0. The summed E-state index contributed by atoms with van der Waals surface area (Å²) in [5.41, 5.74) is 0. The smallest absolute Gasteiger partial charge is 0.462 e. The second kappa shape index (κ2) is 83.1. The van der Waals surface area contributed by atoms with Crippen molar-refractivity contribution in [2.75, 3.05) is 39.6 Å². The van der Waals surface area contributed by atoms with Crippen LogP contribution in [0, 0.1) is 11.8 Å². The first-order chi connectivity index (χ1) is 53.9. The minimum atomic E-state index is -4.97. The SMILES string of the molecule is CCCCCCCCCCCCCCCCCCCCCC(=O)O[C@H](COC(=O)CCCCCCCCCC)COP(=O)(O)OC[C@H](O)COP(=O)(O)OC[C@@H](COC(=O)CCCCCCCCCCCCCCCCCCCCC(C)CC)OC(=O)CCCCCCCCCCCCCCCCCCCCC(C)CC. The third kappa shape index (κ3) is 82.9. The van der Waals surface area contributed by atoms with Crippen molar-refractivity contribution >= 4 is 39.5 Å². The Balaban J connectivity index is 5.17. The van der Waals surface area contributed by atoms with Crippen LogP contribution >= 0.6 is 15.6 Å². The van der Waals surface area contributed by atoms with Crippen molar-refractivity contribution in [2.24, 2.45) is 11.8 Å². The molecule has 0 spiro atoms. The van der Waals surface area contributed by atoms with E-state index in [1.54, 1.807) is 0 Å². The van der Waals surface area contributed by atoms with Gasteiger partial charge in [-0.1, -0.05) is 446 Å². The Bertz CT molecular complexity index is 2120. The molecule has 0 bridgehead atoms. The molecule has 4 unspecified atom stereocenters. The van der Waals surface area contributed by atoms with Gasteiger partial charge in [0, 0.05) is 25.7 Å². The number of unbranched alkanes of at least 4 members (excludes halogenated alkanes) is 59. The predicted molar refractivity (Wildman–Crippen MR) is 460 cm³/mol. The minimum Gasteiger partial charge on any atom is -0.462 e. The highest BCUT2D eigenvalue weighted by Gasteiger charge is 2.31. The van der Waals surface area contributed by atoms with Crippen LogP contribution < -0.4 is 0 Å². The zero-order chi connectivity index (χ0) is 81.3. The standard InChI is InChI=1S/C92H180O17P2/c1-7-11-13-15-17-19-20-21-22-23-24-32-37-42-47-52-58-64-70-76-91(96)108-87(80-102-89(94)74-68-62-56-18-16-14-12-8-2)82-106-110(98,99)104-78-86(93)79-105-111(100,101)107-83-88(109-92(97)77-71-65-59-53-48-43-38-33-28-26-30-35-40-45-50-55-61-67-73-85(6)10-4)81-103-90(95)75-69-63-57-51-46-41-36-31-27-25-29-34-39-44-49-54-60-66-72-84(5)9-3/h84-88,93H,7-83H2,1-6H3,(H,98,99)(H,100,101)/t84?,85?,86-,87+,88+/m0/s1. The molecule has 0 radical (unpaired) electrons. The lowest BCUT2D eigenvalue weighted by atomic mass is 9.99. The molecule has 3 N–H and O–H groups in total. The number of carbonyl (C=O) groups is 4. The third-order valence-electron chi connectivity index (χ3n) is 22.4. The van der Waals surface area contributed by atoms with Gasteiger partial charge in [-0.25, -0.2) is 9.13 Å². The first-order valence-corrected chi connectivity index (χ1v) is 50.6. The molecule has 0 aromatic rings. The normalized spacial score (nSPS) is 14.2. The van der Waals surface area contributed by atoms with Gasteiger partial charge in [0.2, 0.25) is 0 Å². The van der Waals surface area contributed by atoms with Gasteiger partial charge in [-0.2, -0.15) is 0 Å². The van der Waals surface area contributed by atoms with Gasteiger partial charge in [-0.15, -0.1) is 0 Å². The molecule has 0 rings (SSSR count). The monoisotopic (exact) mass is 1620 g/mol. The molecule has 660 valence electrons. The number of ether oxygens (including phenoxy) is 4. The van der Waals surface area contributed by atoms with Crippen LogP contribution in [0.2, 0.25) is 0 Å². The van der Waals surface area contributed by atoms with Crippen LogP contribution in [0.1, 0.15) is 497 Å². The molecule has 0 aliphatic carbocycles. The topological polar surface area (TPSA) is 237 Å². The second-order valence-corrected chi connectivity index (χ2v) is 36.4. The molecule has 0 fully saturated rings. The summed E-state index contributed by atoms with van der Waals surface area (Å²) >= 11 is 0. The molecule has 0 heterocycles. The maximum Gasteiger partial charge on any atom is 0.472 e. The highest BCUT2D eigenvalue weighted by Crippen LogP contribution is 2.45. The summed E-state index contributed by atoms with van der Waals surface area (Å²) in [6.45, 7) is 9.81. The molecule has 19 heteroatoms. The van der Waals surface area contributed by atoms with Crippen molar-refractivity contribution in [3.8, 4) is 0 Å². The molecule has 111 heavy (non-hydrogen) atoms. The quantitative estimate of drug-likeness (QED) is 0.0222. The Morgan fingerprint density at radius 2 is 0.432 bits per heavy atom. The van der Waals surface area contributed by atoms with Crippen molar-refractivity contribution in [1.82, 2.24) is 0 Å². The Labute approximate surface area is 683 Å². The number of hydrogen-bond acceptors (Lipinski definition) is 15. The molecule has 0 aromatic heterocycles. The van der Waals surface area contributed by atoms with E-state index in [0.29, 0.717) is 25.7 Å². The van der Waals surface area contributed by atoms with E-state index in [1.807, 2.05) is 0 Å². The number of esters is 4. The summed E-state index contributed by atoms with van der Waals surface area (Å²) in [5, 5.41) is 10.7. The molecular formula is C92H180O17P2. The van der Waals surface area contributed by atoms with Gasteiger partial charge >= 0.3 is 39.5 Å². The van der Waals surface area contributed by atoms with Gasteiger partial charge in [-0.3, -0.25) is 37.3 Å². The summed E-state index contributed by atoms with van der Waals surface area (Å²) in [7, 11) is -9.93. The predicted octanol–water partition coefficient (Wildman–Crippen LogP) is 28.6. The number of phosphoric ester groups is 2. The summed E-state index contributed by atoms with van der Waals surface area (Å²) in [4.78, 5) is 73.3.